The number of halogens is 4. The number of allylic oxidation sites excluding steroid dienone is 1. The molecule has 2 amide bonds. The quantitative estimate of drug-likeness (QED) is 0.0807. The normalized spacial score (nSPS) is 21.3. The van der Waals surface area contributed by atoms with E-state index in [1.165, 1.54) is 39.9 Å². The number of sulfonamides is 1. The van der Waals surface area contributed by atoms with Gasteiger partial charge in [0.15, 0.2) is 0 Å². The first-order valence-corrected chi connectivity index (χ1v) is 30.0. The molecule has 3 N–H and O–H groups in total. The zero-order valence-electron chi connectivity index (χ0n) is 42.8. The highest BCUT2D eigenvalue weighted by Crippen LogP contribution is 2.44. The largest absolute Gasteiger partial charge is 0.501 e. The van der Waals surface area contributed by atoms with E-state index in [1.807, 2.05) is 54.1 Å². The van der Waals surface area contributed by atoms with Crippen molar-refractivity contribution >= 4 is 72.2 Å². The molecule has 3 saturated heterocycles. The van der Waals surface area contributed by atoms with Crippen LogP contribution in [-0.2, 0) is 24.6 Å². The zero-order chi connectivity index (χ0) is 54.3. The lowest BCUT2D eigenvalue weighted by Crippen LogP contribution is -2.55. The van der Waals surface area contributed by atoms with E-state index in [2.05, 4.69) is 44.0 Å². The number of piperazine rings is 2. The molecule has 412 valence electrons. The van der Waals surface area contributed by atoms with Crippen molar-refractivity contribution in [1.29, 1.82) is 0 Å². The fourth-order valence-corrected chi connectivity index (χ4v) is 13.9. The smallest absolute Gasteiger partial charge is 0.465 e. The van der Waals surface area contributed by atoms with Crippen molar-refractivity contribution in [1.82, 2.24) is 24.3 Å². The Labute approximate surface area is 453 Å². The van der Waals surface area contributed by atoms with Crippen LogP contribution >= 0.6 is 23.4 Å². The van der Waals surface area contributed by atoms with Crippen LogP contribution in [0.15, 0.2) is 117 Å². The maximum Gasteiger partial charge on any atom is 0.501 e. The summed E-state index contributed by atoms with van der Waals surface area (Å²) in [6, 6.07) is 25.6. The maximum absolute atomic E-state index is 14.3. The number of rotatable bonds is 18. The van der Waals surface area contributed by atoms with Crippen LogP contribution in [0.1, 0.15) is 61.9 Å². The molecule has 76 heavy (non-hydrogen) atoms. The molecule has 1 unspecified atom stereocenters. The van der Waals surface area contributed by atoms with Gasteiger partial charge in [-0.05, 0) is 122 Å². The predicted molar refractivity (Wildman–Crippen MR) is 291 cm³/mol. The maximum atomic E-state index is 14.3. The van der Waals surface area contributed by atoms with E-state index >= 15 is 0 Å². The Kier molecular flexibility index (Phi) is 18.7. The molecule has 3 heterocycles. The molecule has 4 aliphatic rings. The Hall–Kier alpha value is -4.87. The molecule has 4 aromatic carbocycles. The molecule has 8 rings (SSSR count). The summed E-state index contributed by atoms with van der Waals surface area (Å²) >= 11 is 7.74. The first-order valence-electron chi connectivity index (χ1n) is 25.7. The third kappa shape index (κ3) is 14.6. The van der Waals surface area contributed by atoms with E-state index < -0.39 is 58.9 Å². The fraction of sp³-hybridized carbons (Fsp3) is 0.481. The number of nitrogens with one attached hydrogen (secondary N) is 2. The van der Waals surface area contributed by atoms with Gasteiger partial charge in [-0.25, -0.2) is 26.4 Å². The summed E-state index contributed by atoms with van der Waals surface area (Å²) in [6.07, 6.45) is 3.18. The minimum atomic E-state index is -6.08. The molecular weight excluding hydrogens is 1060 g/mol. The minimum absolute atomic E-state index is 0.000417. The number of hydrogen-bond donors (Lipinski definition) is 3. The van der Waals surface area contributed by atoms with Crippen LogP contribution in [0.3, 0.4) is 0 Å². The van der Waals surface area contributed by atoms with Gasteiger partial charge in [-0.1, -0.05) is 54.4 Å². The van der Waals surface area contributed by atoms with Gasteiger partial charge in [0.1, 0.15) is 4.90 Å². The van der Waals surface area contributed by atoms with Gasteiger partial charge in [0.25, 0.3) is 25.8 Å². The molecule has 3 aliphatic heterocycles. The SMILES string of the molecule is C[C@H]1CN(C[C@]2(C)CCC(c3ccc(Cl)cc3)=C(CN3CCN(c4ccc(C(=O)NS(=O)(=O)c5ccc(NC(CCN6CCCOCC6)CSc6ccccc6)c(S(=O)(=O)C(F)(F)F)c5)cc4)CC3)C2)CCN1C(=O)O. The lowest BCUT2D eigenvalue weighted by atomic mass is 9.71. The van der Waals surface area contributed by atoms with E-state index in [0.717, 1.165) is 86.7 Å². The van der Waals surface area contributed by atoms with E-state index in [1.54, 1.807) is 12.1 Å². The first kappa shape index (κ1) is 57.3. The molecule has 0 saturated carbocycles. The number of hydrogen-bond acceptors (Lipinski definition) is 13. The van der Waals surface area contributed by atoms with E-state index in [9.17, 15) is 44.7 Å². The summed E-state index contributed by atoms with van der Waals surface area (Å²) in [5, 5.41) is 13.3. The second-order valence-electron chi connectivity index (χ2n) is 20.5. The number of nitrogens with zero attached hydrogens (tertiary/aromatic N) is 5. The highest BCUT2D eigenvalue weighted by molar-refractivity contribution is 7.99. The topological polar surface area (TPSA) is 172 Å². The van der Waals surface area contributed by atoms with Crippen LogP contribution in [0.5, 0.6) is 0 Å². The minimum Gasteiger partial charge on any atom is -0.465 e. The molecule has 3 fully saturated rings. The van der Waals surface area contributed by atoms with E-state index in [-0.39, 0.29) is 17.0 Å². The third-order valence-electron chi connectivity index (χ3n) is 14.8. The molecular formula is C54H67ClF3N7O8S3. The molecule has 0 spiro atoms. The average molecular weight is 1130 g/mol. The van der Waals surface area contributed by atoms with Crippen molar-refractivity contribution in [3.05, 3.63) is 119 Å². The molecule has 0 aromatic heterocycles. The Morgan fingerprint density at radius 3 is 2.26 bits per heavy atom. The van der Waals surface area contributed by atoms with E-state index in [4.69, 9.17) is 16.3 Å². The van der Waals surface area contributed by atoms with Crippen molar-refractivity contribution in [2.45, 2.75) is 78.2 Å². The fourth-order valence-electron chi connectivity index (χ4n) is 10.7. The number of ether oxygens (including phenoxy) is 1. The van der Waals surface area contributed by atoms with Crippen molar-refractivity contribution in [3.8, 4) is 0 Å². The monoisotopic (exact) mass is 1130 g/mol. The van der Waals surface area contributed by atoms with E-state index in [0.29, 0.717) is 82.3 Å². The van der Waals surface area contributed by atoms with Crippen molar-refractivity contribution in [3.63, 3.8) is 0 Å². The molecule has 0 bridgehead atoms. The molecule has 1 aliphatic carbocycles. The number of thioether (sulfide) groups is 1. The Balaban J connectivity index is 0.916. The van der Waals surface area contributed by atoms with Crippen molar-refractivity contribution in [2.75, 3.05) is 108 Å². The third-order valence-corrected chi connectivity index (χ3v) is 19.1. The number of alkyl halides is 3. The number of carbonyl (C=O) groups excluding carboxylic acids is 1. The summed E-state index contributed by atoms with van der Waals surface area (Å²) in [7, 11) is -11.0. The number of carbonyl (C=O) groups is 2. The first-order chi connectivity index (χ1) is 36.2. The zero-order valence-corrected chi connectivity index (χ0v) is 46.0. The van der Waals surface area contributed by atoms with Crippen LogP contribution in [0.4, 0.5) is 29.3 Å². The van der Waals surface area contributed by atoms with Gasteiger partial charge in [0, 0.05) is 124 Å². The van der Waals surface area contributed by atoms with Crippen LogP contribution < -0.4 is 14.9 Å². The number of carboxylic acid groups (broad SMARTS) is 1. The summed E-state index contributed by atoms with van der Waals surface area (Å²) < 4.78 is 104. The van der Waals surface area contributed by atoms with Crippen LogP contribution in [0.25, 0.3) is 5.57 Å². The second kappa shape index (κ2) is 24.9. The van der Waals surface area contributed by atoms with Crippen LogP contribution in [-0.4, -0.2) is 169 Å². The highest BCUT2D eigenvalue weighted by Gasteiger charge is 2.49. The lowest BCUT2D eigenvalue weighted by molar-refractivity contribution is -0.0436. The van der Waals surface area contributed by atoms with Gasteiger partial charge in [-0.3, -0.25) is 14.6 Å². The van der Waals surface area contributed by atoms with Gasteiger partial charge in [-0.2, -0.15) is 13.2 Å². The van der Waals surface area contributed by atoms with Gasteiger partial charge in [0.05, 0.1) is 17.2 Å². The number of sulfone groups is 1. The lowest BCUT2D eigenvalue weighted by Gasteiger charge is -2.45. The summed E-state index contributed by atoms with van der Waals surface area (Å²) in [4.78, 5) is 34.8. The Morgan fingerprint density at radius 2 is 1.58 bits per heavy atom. The van der Waals surface area contributed by atoms with Crippen molar-refractivity contribution < 1.29 is 49.4 Å². The molecule has 22 heteroatoms. The van der Waals surface area contributed by atoms with Gasteiger partial charge < -0.3 is 29.9 Å². The number of amides is 2. The molecule has 4 aromatic rings. The molecule has 3 atom stereocenters. The van der Waals surface area contributed by atoms with Gasteiger partial charge in [-0.15, -0.1) is 11.8 Å². The standard InChI is InChI=1S/C54H67ClF3N7O8S3/c1-39-35-63(26-29-65(39)52(67)68)38-53(2)21-19-48(40-9-13-43(55)14-10-40)42(34-53)36-62-24-27-64(28-25-62)45-15-11-41(12-16-45)51(66)60-76(71,72)47-17-18-49(50(33-47)75(69,70)54(56,57)58)59-44(37-74-46-7-4-3-5-8-46)20-23-61-22-6-31-73-32-30-61/h3-5,7-18,33,39,44,59H,6,19-32,34-38H2,1-2H3,(H,60,66)(H,67,68)/t39-,44?,53+/m0/s1. The Bertz CT molecular complexity index is 2910. The highest BCUT2D eigenvalue weighted by atomic mass is 35.5. The van der Waals surface area contributed by atoms with Gasteiger partial charge in [0.2, 0.25) is 0 Å². The summed E-state index contributed by atoms with van der Waals surface area (Å²) in [5.41, 5.74) is -1.51. The van der Waals surface area contributed by atoms with Gasteiger partial charge >= 0.3 is 11.6 Å². The Morgan fingerprint density at radius 1 is 0.868 bits per heavy atom. The molecule has 0 radical (unpaired) electrons. The van der Waals surface area contributed by atoms with Crippen molar-refractivity contribution in [2.24, 2.45) is 5.41 Å². The second-order valence-corrected chi connectivity index (χ2v) is 25.7. The van der Waals surface area contributed by atoms with Crippen LogP contribution in [0.2, 0.25) is 5.02 Å². The summed E-state index contributed by atoms with van der Waals surface area (Å²) in [5.74, 6) is -0.688. The summed E-state index contributed by atoms with van der Waals surface area (Å²) in [6.45, 7) is 13.9. The number of anilines is 2. The molecule has 15 nitrogen and oxygen atoms in total. The van der Waals surface area contributed by atoms with Crippen LogP contribution in [0, 0.1) is 5.41 Å². The average Bonchev–Trinajstić information content (AvgIpc) is 3.68. The predicted octanol–water partition coefficient (Wildman–Crippen LogP) is 8.89. The number of benzene rings is 4.